The Morgan fingerprint density at radius 2 is 1.83 bits per heavy atom. The Hall–Kier alpha value is -0.0800. The summed E-state index contributed by atoms with van der Waals surface area (Å²) >= 11 is 0. The highest BCUT2D eigenvalue weighted by Gasteiger charge is 2.32. The Bertz CT molecular complexity index is 243. The van der Waals surface area contributed by atoms with Gasteiger partial charge < -0.3 is 10.2 Å². The van der Waals surface area contributed by atoms with Crippen LogP contribution >= 0.6 is 0 Å². The lowest BCUT2D eigenvalue weighted by atomic mass is 10.0. The second-order valence-electron chi connectivity index (χ2n) is 6.84. The highest BCUT2D eigenvalue weighted by molar-refractivity contribution is 4.90. The molecule has 18 heavy (non-hydrogen) atoms. The fourth-order valence-electron chi connectivity index (χ4n) is 3.94. The van der Waals surface area contributed by atoms with Gasteiger partial charge in [0.05, 0.1) is 0 Å². The van der Waals surface area contributed by atoms with Crippen molar-refractivity contribution < 1.29 is 0 Å². The molecule has 0 bridgehead atoms. The number of hydrogen-bond donors (Lipinski definition) is 1. The first-order valence-corrected chi connectivity index (χ1v) is 8.37. The van der Waals surface area contributed by atoms with Crippen LogP contribution in [0.1, 0.15) is 57.8 Å². The largest absolute Gasteiger partial charge is 0.312 e. The molecule has 2 saturated carbocycles. The van der Waals surface area contributed by atoms with Crippen LogP contribution in [0.25, 0.3) is 0 Å². The van der Waals surface area contributed by atoms with Crippen molar-refractivity contribution in [3.05, 3.63) is 0 Å². The molecule has 3 aliphatic rings. The molecule has 1 heterocycles. The average Bonchev–Trinajstić information content (AvgIpc) is 3.13. The van der Waals surface area contributed by atoms with Crippen LogP contribution in [0, 0.1) is 11.8 Å². The van der Waals surface area contributed by atoms with Crippen LogP contribution < -0.4 is 5.32 Å². The van der Waals surface area contributed by atoms with Crippen LogP contribution in [0.3, 0.4) is 0 Å². The van der Waals surface area contributed by atoms with Gasteiger partial charge in [-0.3, -0.25) is 0 Å². The van der Waals surface area contributed by atoms with Crippen molar-refractivity contribution in [2.45, 2.75) is 63.8 Å². The molecule has 2 aliphatic carbocycles. The SMILES string of the molecule is C1CCC(CCCN2CCCNC(C3CC3)C2)C1. The molecule has 1 aliphatic heterocycles. The minimum atomic E-state index is 0.819. The maximum absolute atomic E-state index is 3.76. The number of rotatable bonds is 5. The van der Waals surface area contributed by atoms with Crippen molar-refractivity contribution in [1.82, 2.24) is 10.2 Å². The van der Waals surface area contributed by atoms with Gasteiger partial charge in [-0.2, -0.15) is 0 Å². The highest BCUT2D eigenvalue weighted by atomic mass is 15.2. The summed E-state index contributed by atoms with van der Waals surface area (Å²) in [6.07, 6.45) is 13.3. The zero-order chi connectivity index (χ0) is 12.2. The van der Waals surface area contributed by atoms with E-state index in [4.69, 9.17) is 0 Å². The summed E-state index contributed by atoms with van der Waals surface area (Å²) < 4.78 is 0. The standard InChI is InChI=1S/C16H30N2/c1-2-6-14(5-1)7-3-11-18-12-4-10-17-16(13-18)15-8-9-15/h14-17H,1-13H2. The van der Waals surface area contributed by atoms with E-state index in [1.54, 1.807) is 0 Å². The normalized spacial score (nSPS) is 31.7. The highest BCUT2D eigenvalue weighted by Crippen LogP contribution is 2.33. The van der Waals surface area contributed by atoms with Crippen LogP contribution in [0.15, 0.2) is 0 Å². The van der Waals surface area contributed by atoms with Gasteiger partial charge in [0.1, 0.15) is 0 Å². The average molecular weight is 250 g/mol. The summed E-state index contributed by atoms with van der Waals surface area (Å²) in [4.78, 5) is 2.75. The number of hydrogen-bond acceptors (Lipinski definition) is 2. The monoisotopic (exact) mass is 250 g/mol. The van der Waals surface area contributed by atoms with E-state index < -0.39 is 0 Å². The summed E-state index contributed by atoms with van der Waals surface area (Å²) in [6.45, 7) is 5.28. The fraction of sp³-hybridized carbons (Fsp3) is 1.00. The lowest BCUT2D eigenvalue weighted by molar-refractivity contribution is 0.247. The van der Waals surface area contributed by atoms with Crippen LogP contribution in [-0.4, -0.2) is 37.1 Å². The Morgan fingerprint density at radius 1 is 1.00 bits per heavy atom. The third kappa shape index (κ3) is 3.71. The summed E-state index contributed by atoms with van der Waals surface area (Å²) in [6, 6.07) is 0.819. The van der Waals surface area contributed by atoms with Crippen LogP contribution in [0.2, 0.25) is 0 Å². The van der Waals surface area contributed by atoms with E-state index in [-0.39, 0.29) is 0 Å². The fourth-order valence-corrected chi connectivity index (χ4v) is 3.94. The Morgan fingerprint density at radius 3 is 2.61 bits per heavy atom. The molecule has 0 aromatic heterocycles. The van der Waals surface area contributed by atoms with Gasteiger partial charge in [0, 0.05) is 12.6 Å². The maximum Gasteiger partial charge on any atom is 0.0223 e. The molecule has 2 nitrogen and oxygen atoms in total. The minimum absolute atomic E-state index is 0.819. The first-order chi connectivity index (χ1) is 8.92. The minimum Gasteiger partial charge on any atom is -0.312 e. The molecule has 0 aromatic carbocycles. The van der Waals surface area contributed by atoms with E-state index >= 15 is 0 Å². The molecule has 1 atom stereocenters. The second kappa shape index (κ2) is 6.38. The van der Waals surface area contributed by atoms with Gasteiger partial charge in [0.2, 0.25) is 0 Å². The van der Waals surface area contributed by atoms with E-state index in [0.29, 0.717) is 0 Å². The summed E-state index contributed by atoms with van der Waals surface area (Å²) in [5.74, 6) is 2.09. The van der Waals surface area contributed by atoms with Crippen LogP contribution in [-0.2, 0) is 0 Å². The van der Waals surface area contributed by atoms with Gasteiger partial charge >= 0.3 is 0 Å². The Balaban J connectivity index is 1.37. The molecule has 1 N–H and O–H groups in total. The first-order valence-electron chi connectivity index (χ1n) is 8.37. The zero-order valence-electron chi connectivity index (χ0n) is 11.9. The van der Waals surface area contributed by atoms with Crippen molar-refractivity contribution in [2.24, 2.45) is 11.8 Å². The molecule has 0 radical (unpaired) electrons. The van der Waals surface area contributed by atoms with Crippen molar-refractivity contribution >= 4 is 0 Å². The molecule has 0 amide bonds. The third-order valence-corrected chi connectivity index (χ3v) is 5.27. The predicted octanol–water partition coefficient (Wildman–Crippen LogP) is 3.03. The second-order valence-corrected chi connectivity index (χ2v) is 6.84. The van der Waals surface area contributed by atoms with Gasteiger partial charge in [0.15, 0.2) is 0 Å². The van der Waals surface area contributed by atoms with Gasteiger partial charge in [-0.25, -0.2) is 0 Å². The lowest BCUT2D eigenvalue weighted by Crippen LogP contribution is -2.39. The van der Waals surface area contributed by atoms with Gasteiger partial charge in [-0.15, -0.1) is 0 Å². The zero-order valence-corrected chi connectivity index (χ0v) is 11.9. The molecule has 1 saturated heterocycles. The summed E-state index contributed by atoms with van der Waals surface area (Å²) in [5, 5.41) is 3.76. The molecule has 3 rings (SSSR count). The van der Waals surface area contributed by atoms with Crippen molar-refractivity contribution in [1.29, 1.82) is 0 Å². The predicted molar refractivity (Wildman–Crippen MR) is 76.8 cm³/mol. The van der Waals surface area contributed by atoms with E-state index in [1.807, 2.05) is 0 Å². The third-order valence-electron chi connectivity index (χ3n) is 5.27. The Kier molecular flexibility index (Phi) is 4.58. The molecular weight excluding hydrogens is 220 g/mol. The van der Waals surface area contributed by atoms with Gasteiger partial charge in [0.25, 0.3) is 0 Å². The molecule has 1 unspecified atom stereocenters. The maximum atomic E-state index is 3.76. The van der Waals surface area contributed by atoms with Crippen molar-refractivity contribution in [3.8, 4) is 0 Å². The van der Waals surface area contributed by atoms with E-state index in [0.717, 1.165) is 17.9 Å². The molecule has 0 aromatic rings. The molecule has 3 fully saturated rings. The van der Waals surface area contributed by atoms with E-state index in [2.05, 4.69) is 10.2 Å². The quantitative estimate of drug-likeness (QED) is 0.807. The summed E-state index contributed by atoms with van der Waals surface area (Å²) in [5.41, 5.74) is 0. The first kappa shape index (κ1) is 12.9. The molecule has 2 heteroatoms. The molecule has 104 valence electrons. The summed E-state index contributed by atoms with van der Waals surface area (Å²) in [7, 11) is 0. The molecule has 0 spiro atoms. The lowest BCUT2D eigenvalue weighted by Gasteiger charge is -2.24. The van der Waals surface area contributed by atoms with Crippen molar-refractivity contribution in [3.63, 3.8) is 0 Å². The number of nitrogens with one attached hydrogen (secondary N) is 1. The van der Waals surface area contributed by atoms with E-state index in [9.17, 15) is 0 Å². The number of nitrogens with zero attached hydrogens (tertiary/aromatic N) is 1. The van der Waals surface area contributed by atoms with Crippen LogP contribution in [0.4, 0.5) is 0 Å². The molecular formula is C16H30N2. The topological polar surface area (TPSA) is 15.3 Å². The smallest absolute Gasteiger partial charge is 0.0223 e. The Labute approximate surface area is 113 Å². The van der Waals surface area contributed by atoms with Crippen LogP contribution in [0.5, 0.6) is 0 Å². The van der Waals surface area contributed by atoms with Gasteiger partial charge in [-0.05, 0) is 63.6 Å². The van der Waals surface area contributed by atoms with Gasteiger partial charge in [-0.1, -0.05) is 25.7 Å². The van der Waals surface area contributed by atoms with Crippen molar-refractivity contribution in [2.75, 3.05) is 26.2 Å². The van der Waals surface area contributed by atoms with E-state index in [1.165, 1.54) is 84.0 Å².